The van der Waals surface area contributed by atoms with Crippen LogP contribution >= 0.6 is 0 Å². The summed E-state index contributed by atoms with van der Waals surface area (Å²) in [4.78, 5) is 31.7. The van der Waals surface area contributed by atoms with E-state index in [0.717, 1.165) is 0 Å². The Morgan fingerprint density at radius 3 is 3.00 bits per heavy atom. The van der Waals surface area contributed by atoms with Crippen LogP contribution in [0.1, 0.15) is 35.1 Å². The molecule has 0 aliphatic carbocycles. The van der Waals surface area contributed by atoms with E-state index in [1.165, 1.54) is 7.11 Å². The minimum Gasteiger partial charge on any atom is -0.453 e. The number of benzene rings is 1. The summed E-state index contributed by atoms with van der Waals surface area (Å²) >= 11 is 0. The van der Waals surface area contributed by atoms with Gasteiger partial charge in [-0.1, -0.05) is 12.2 Å². The lowest BCUT2D eigenvalue weighted by molar-refractivity contribution is 0.0955. The van der Waals surface area contributed by atoms with Crippen LogP contribution in [-0.2, 0) is 4.74 Å². The van der Waals surface area contributed by atoms with E-state index >= 15 is 0 Å². The lowest BCUT2D eigenvalue weighted by Crippen LogP contribution is -2.25. The van der Waals surface area contributed by atoms with Gasteiger partial charge in [0.05, 0.1) is 24.4 Å². The zero-order chi connectivity index (χ0) is 18.5. The summed E-state index contributed by atoms with van der Waals surface area (Å²) in [6, 6.07) is 4.79. The number of nitrogens with two attached hydrogens (primary N) is 1. The van der Waals surface area contributed by atoms with Crippen molar-refractivity contribution in [3.8, 4) is 11.3 Å². The maximum absolute atomic E-state index is 12.7. The predicted octanol–water partition coefficient (Wildman–Crippen LogP) is 2.33. The number of ether oxygens (including phenoxy) is 1. The molecule has 136 valence electrons. The monoisotopic (exact) mass is 355 g/mol. The van der Waals surface area contributed by atoms with Gasteiger partial charge in [0.1, 0.15) is 5.82 Å². The van der Waals surface area contributed by atoms with Crippen LogP contribution in [-0.4, -0.2) is 35.6 Å². The van der Waals surface area contributed by atoms with Crippen LogP contribution in [0.3, 0.4) is 0 Å². The number of carbonyl (C=O) groups is 2. The van der Waals surface area contributed by atoms with Crippen molar-refractivity contribution in [2.45, 2.75) is 18.9 Å². The van der Waals surface area contributed by atoms with Crippen LogP contribution in [0.25, 0.3) is 11.3 Å². The molecule has 2 bridgehead atoms. The van der Waals surface area contributed by atoms with E-state index < -0.39 is 6.09 Å². The maximum Gasteiger partial charge on any atom is 0.411 e. The molecule has 0 unspecified atom stereocenters. The molecule has 5 N–H and O–H groups in total. The molecule has 0 spiro atoms. The van der Waals surface area contributed by atoms with Crippen LogP contribution < -0.4 is 16.4 Å². The third kappa shape index (κ3) is 3.92. The van der Waals surface area contributed by atoms with Crippen molar-refractivity contribution >= 4 is 17.7 Å². The van der Waals surface area contributed by atoms with Gasteiger partial charge in [-0.25, -0.2) is 9.78 Å². The van der Waals surface area contributed by atoms with E-state index in [0.29, 0.717) is 47.7 Å². The number of imidazole rings is 1. The molecule has 1 atom stereocenters. The normalized spacial score (nSPS) is 18.4. The number of hydrogen-bond donors (Lipinski definition) is 4. The molecule has 3 rings (SSSR count). The van der Waals surface area contributed by atoms with Crippen LogP contribution in [0.4, 0.5) is 10.5 Å². The number of methoxy groups -OCH3 is 1. The van der Waals surface area contributed by atoms with E-state index in [9.17, 15) is 9.59 Å². The average Bonchev–Trinajstić information content (AvgIpc) is 3.13. The molecular formula is C18H21N5O3. The zero-order valence-corrected chi connectivity index (χ0v) is 14.4. The van der Waals surface area contributed by atoms with Crippen molar-refractivity contribution in [1.82, 2.24) is 15.3 Å². The second-order valence-electron chi connectivity index (χ2n) is 5.91. The third-order valence-electron chi connectivity index (χ3n) is 4.07. The Kier molecular flexibility index (Phi) is 5.33. The van der Waals surface area contributed by atoms with E-state index in [1.54, 1.807) is 24.4 Å². The summed E-state index contributed by atoms with van der Waals surface area (Å²) in [6.45, 7) is 0.504. The molecule has 0 radical (unpaired) electrons. The van der Waals surface area contributed by atoms with E-state index in [-0.39, 0.29) is 11.9 Å². The van der Waals surface area contributed by atoms with Crippen LogP contribution in [0, 0.1) is 0 Å². The fourth-order valence-electron chi connectivity index (χ4n) is 2.70. The molecular weight excluding hydrogens is 334 g/mol. The Morgan fingerprint density at radius 1 is 1.35 bits per heavy atom. The number of amides is 2. The first-order valence-corrected chi connectivity index (χ1v) is 8.32. The molecule has 1 aromatic heterocycles. The van der Waals surface area contributed by atoms with Gasteiger partial charge in [0.25, 0.3) is 5.91 Å². The fourth-order valence-corrected chi connectivity index (χ4v) is 2.70. The minimum absolute atomic E-state index is 0.241. The molecule has 0 saturated carbocycles. The van der Waals surface area contributed by atoms with E-state index in [2.05, 4.69) is 25.3 Å². The Hall–Kier alpha value is -3.13. The summed E-state index contributed by atoms with van der Waals surface area (Å²) in [7, 11) is 1.28. The van der Waals surface area contributed by atoms with E-state index in [4.69, 9.17) is 5.73 Å². The van der Waals surface area contributed by atoms with Crippen molar-refractivity contribution in [2.75, 3.05) is 19.0 Å². The van der Waals surface area contributed by atoms with Crippen LogP contribution in [0.2, 0.25) is 0 Å². The van der Waals surface area contributed by atoms with Crippen LogP contribution in [0.15, 0.2) is 36.5 Å². The molecule has 2 aromatic rings. The molecule has 0 fully saturated rings. The summed E-state index contributed by atoms with van der Waals surface area (Å²) in [5.41, 5.74) is 8.30. The maximum atomic E-state index is 12.7. The number of rotatable bonds is 1. The number of fused-ring (bicyclic) bond motifs is 4. The molecule has 26 heavy (non-hydrogen) atoms. The number of aromatic amines is 1. The number of nitrogens with zero attached hydrogens (tertiary/aromatic N) is 1. The van der Waals surface area contributed by atoms with E-state index in [1.807, 2.05) is 12.2 Å². The SMILES string of the molecule is COC(=O)Nc1ccc2c(c1)C(=O)NCC/C=C/C[C@H](N)c1nc-2c[nH]1. The first-order valence-electron chi connectivity index (χ1n) is 8.32. The van der Waals surface area contributed by atoms with Gasteiger partial charge in [0, 0.05) is 24.0 Å². The smallest absolute Gasteiger partial charge is 0.411 e. The number of nitrogens with one attached hydrogen (secondary N) is 3. The predicted molar refractivity (Wildman–Crippen MR) is 97.7 cm³/mol. The second kappa shape index (κ2) is 7.83. The van der Waals surface area contributed by atoms with Gasteiger partial charge in [-0.15, -0.1) is 0 Å². The van der Waals surface area contributed by atoms with Crippen molar-refractivity contribution in [2.24, 2.45) is 5.73 Å². The molecule has 8 heteroatoms. The lowest BCUT2D eigenvalue weighted by Gasteiger charge is -2.11. The van der Waals surface area contributed by atoms with Gasteiger partial charge >= 0.3 is 6.09 Å². The minimum atomic E-state index is -0.604. The number of carbonyl (C=O) groups excluding carboxylic acids is 2. The molecule has 0 saturated heterocycles. The van der Waals surface area contributed by atoms with Crippen LogP contribution in [0.5, 0.6) is 0 Å². The largest absolute Gasteiger partial charge is 0.453 e. The van der Waals surface area contributed by atoms with Gasteiger partial charge in [0.2, 0.25) is 0 Å². The number of hydrogen-bond acceptors (Lipinski definition) is 5. The highest BCUT2D eigenvalue weighted by atomic mass is 16.5. The van der Waals surface area contributed by atoms with Crippen molar-refractivity contribution in [3.05, 3.63) is 47.9 Å². The number of aromatic nitrogens is 2. The van der Waals surface area contributed by atoms with Crippen molar-refractivity contribution < 1.29 is 14.3 Å². The molecule has 1 aliphatic heterocycles. The number of H-pyrrole nitrogens is 1. The molecule has 1 aromatic carbocycles. The Balaban J connectivity index is 2.03. The third-order valence-corrected chi connectivity index (χ3v) is 4.07. The summed E-state index contributed by atoms with van der Waals surface area (Å²) in [5.74, 6) is 0.419. The highest BCUT2D eigenvalue weighted by Crippen LogP contribution is 2.27. The summed E-state index contributed by atoms with van der Waals surface area (Å²) in [6.07, 6.45) is 6.46. The Bertz CT molecular complexity index is 843. The van der Waals surface area contributed by atoms with Gasteiger partial charge in [-0.3, -0.25) is 10.1 Å². The standard InChI is InChI=1S/C18H21N5O3/c1-26-18(25)22-11-6-7-12-13(9-11)17(24)20-8-4-2-3-5-14(19)16-21-10-15(12)23-16/h2-3,6-7,9-10,14H,4-5,8,19H2,1H3,(H,20,24)(H,21,23)(H,22,25)/b3-2+/t14-/m0/s1. The summed E-state index contributed by atoms with van der Waals surface area (Å²) in [5, 5.41) is 5.45. The highest BCUT2D eigenvalue weighted by molar-refractivity contribution is 6.02. The lowest BCUT2D eigenvalue weighted by atomic mass is 10.0. The van der Waals surface area contributed by atoms with Gasteiger partial charge in [-0.2, -0.15) is 0 Å². The van der Waals surface area contributed by atoms with Gasteiger partial charge < -0.3 is 20.8 Å². The van der Waals surface area contributed by atoms with Crippen molar-refractivity contribution in [3.63, 3.8) is 0 Å². The Labute approximate surface area is 150 Å². The Morgan fingerprint density at radius 2 is 2.19 bits per heavy atom. The zero-order valence-electron chi connectivity index (χ0n) is 14.4. The molecule has 2 heterocycles. The number of anilines is 1. The average molecular weight is 355 g/mol. The molecule has 8 nitrogen and oxygen atoms in total. The van der Waals surface area contributed by atoms with Gasteiger partial charge in [-0.05, 0) is 31.0 Å². The molecule has 2 amide bonds. The first-order chi connectivity index (χ1) is 12.6. The van der Waals surface area contributed by atoms with Gasteiger partial charge in [0.15, 0.2) is 0 Å². The topological polar surface area (TPSA) is 122 Å². The first kappa shape index (κ1) is 17.7. The highest BCUT2D eigenvalue weighted by Gasteiger charge is 2.18. The summed E-state index contributed by atoms with van der Waals surface area (Å²) < 4.78 is 4.60. The quantitative estimate of drug-likeness (QED) is 0.585. The molecule has 1 aliphatic rings. The second-order valence-corrected chi connectivity index (χ2v) is 5.91. The fraction of sp³-hybridized carbons (Fsp3) is 0.278. The van der Waals surface area contributed by atoms with Crippen molar-refractivity contribution in [1.29, 1.82) is 0 Å².